The van der Waals surface area contributed by atoms with Crippen molar-refractivity contribution in [1.82, 2.24) is 0 Å². The van der Waals surface area contributed by atoms with Gasteiger partial charge in [0.25, 0.3) is 0 Å². The molecule has 0 saturated heterocycles. The van der Waals surface area contributed by atoms with Crippen LogP contribution in [-0.4, -0.2) is 5.84 Å². The van der Waals surface area contributed by atoms with Crippen molar-refractivity contribution in [2.45, 2.75) is 13.8 Å². The average Bonchev–Trinajstić information content (AvgIpc) is 2.36. The molecule has 0 amide bonds. The lowest BCUT2D eigenvalue weighted by molar-refractivity contribution is 0.482. The molecule has 0 saturated carbocycles. The highest BCUT2D eigenvalue weighted by molar-refractivity contribution is 6.32. The maximum atomic E-state index is 7.33. The first-order chi connectivity index (χ1) is 8.97. The SMILES string of the molecule is Cc1cc(Oc2ccc(C(=N)N)cc2)cc(C)c1Cl. The van der Waals surface area contributed by atoms with E-state index < -0.39 is 0 Å². The van der Waals surface area contributed by atoms with Crippen LogP contribution in [0.2, 0.25) is 5.02 Å². The summed E-state index contributed by atoms with van der Waals surface area (Å²) in [4.78, 5) is 0. The lowest BCUT2D eigenvalue weighted by atomic mass is 10.1. The number of nitrogen functional groups attached to an aromatic ring is 1. The van der Waals surface area contributed by atoms with Crippen LogP contribution < -0.4 is 10.5 Å². The third-order valence-corrected chi connectivity index (χ3v) is 3.41. The Hall–Kier alpha value is -2.00. The van der Waals surface area contributed by atoms with Crippen LogP contribution in [0.25, 0.3) is 0 Å². The van der Waals surface area contributed by atoms with Gasteiger partial charge in [-0.15, -0.1) is 0 Å². The van der Waals surface area contributed by atoms with Gasteiger partial charge < -0.3 is 10.5 Å². The Kier molecular flexibility index (Phi) is 3.76. The van der Waals surface area contributed by atoms with Gasteiger partial charge in [-0.25, -0.2) is 0 Å². The first kappa shape index (κ1) is 13.4. The van der Waals surface area contributed by atoms with Crippen molar-refractivity contribution in [3.63, 3.8) is 0 Å². The second-order valence-corrected chi connectivity index (χ2v) is 4.79. The number of hydrogen-bond acceptors (Lipinski definition) is 2. The first-order valence-corrected chi connectivity index (χ1v) is 6.24. The van der Waals surface area contributed by atoms with E-state index in [1.807, 2.05) is 26.0 Å². The molecule has 98 valence electrons. The average molecular weight is 275 g/mol. The first-order valence-electron chi connectivity index (χ1n) is 5.86. The van der Waals surface area contributed by atoms with Crippen molar-refractivity contribution in [3.8, 4) is 11.5 Å². The largest absolute Gasteiger partial charge is 0.457 e. The molecule has 0 spiro atoms. The Morgan fingerprint density at radius 2 is 1.58 bits per heavy atom. The molecule has 4 heteroatoms. The quantitative estimate of drug-likeness (QED) is 0.656. The van der Waals surface area contributed by atoms with E-state index in [2.05, 4.69) is 0 Å². The van der Waals surface area contributed by atoms with Gasteiger partial charge in [0.1, 0.15) is 17.3 Å². The number of nitrogens with one attached hydrogen (secondary N) is 1. The number of ether oxygens (including phenoxy) is 1. The molecule has 0 aliphatic heterocycles. The second kappa shape index (κ2) is 5.33. The summed E-state index contributed by atoms with van der Waals surface area (Å²) in [6.45, 7) is 3.89. The van der Waals surface area contributed by atoms with Gasteiger partial charge in [-0.05, 0) is 61.4 Å². The zero-order valence-electron chi connectivity index (χ0n) is 10.8. The molecule has 0 heterocycles. The molecule has 0 atom stereocenters. The van der Waals surface area contributed by atoms with Crippen LogP contribution in [0.1, 0.15) is 16.7 Å². The van der Waals surface area contributed by atoms with Crippen LogP contribution in [0.15, 0.2) is 36.4 Å². The van der Waals surface area contributed by atoms with Crippen LogP contribution in [0.3, 0.4) is 0 Å². The summed E-state index contributed by atoms with van der Waals surface area (Å²) in [6, 6.07) is 10.9. The van der Waals surface area contributed by atoms with Crippen molar-refractivity contribution >= 4 is 17.4 Å². The van der Waals surface area contributed by atoms with Crippen LogP contribution in [0.4, 0.5) is 0 Å². The van der Waals surface area contributed by atoms with Crippen molar-refractivity contribution in [3.05, 3.63) is 58.1 Å². The highest BCUT2D eigenvalue weighted by Crippen LogP contribution is 2.29. The van der Waals surface area contributed by atoms with Gasteiger partial charge in [-0.2, -0.15) is 0 Å². The number of amidine groups is 1. The van der Waals surface area contributed by atoms with E-state index in [9.17, 15) is 0 Å². The standard InChI is InChI=1S/C15H15ClN2O/c1-9-7-13(8-10(2)14(9)16)19-12-5-3-11(4-6-12)15(17)18/h3-8H,1-2H3,(H3,17,18). The molecule has 0 fully saturated rings. The molecular formula is C15H15ClN2O. The molecule has 0 radical (unpaired) electrons. The fourth-order valence-electron chi connectivity index (χ4n) is 1.80. The van der Waals surface area contributed by atoms with E-state index in [1.54, 1.807) is 24.3 Å². The van der Waals surface area contributed by atoms with Crippen molar-refractivity contribution in [2.75, 3.05) is 0 Å². The predicted octanol–water partition coefficient (Wildman–Crippen LogP) is 4.03. The van der Waals surface area contributed by atoms with Gasteiger partial charge in [-0.1, -0.05) is 11.6 Å². The minimum absolute atomic E-state index is 0.0460. The van der Waals surface area contributed by atoms with E-state index >= 15 is 0 Å². The van der Waals surface area contributed by atoms with Gasteiger partial charge in [0.15, 0.2) is 0 Å². The van der Waals surface area contributed by atoms with Gasteiger partial charge >= 0.3 is 0 Å². The van der Waals surface area contributed by atoms with Gasteiger partial charge in [0.05, 0.1) is 0 Å². The second-order valence-electron chi connectivity index (χ2n) is 4.41. The molecule has 2 aromatic rings. The Bertz CT molecular complexity index is 598. The minimum atomic E-state index is 0.0460. The maximum Gasteiger partial charge on any atom is 0.128 e. The van der Waals surface area contributed by atoms with Crippen molar-refractivity contribution < 1.29 is 4.74 Å². The third-order valence-electron chi connectivity index (χ3n) is 2.81. The predicted molar refractivity (Wildman–Crippen MR) is 78.5 cm³/mol. The number of benzene rings is 2. The summed E-state index contributed by atoms with van der Waals surface area (Å²) in [5, 5.41) is 8.09. The molecule has 3 N–H and O–H groups in total. The zero-order chi connectivity index (χ0) is 14.0. The Balaban J connectivity index is 2.24. The highest BCUT2D eigenvalue weighted by atomic mass is 35.5. The number of rotatable bonds is 3. The third kappa shape index (κ3) is 3.06. The molecule has 2 aromatic carbocycles. The molecule has 3 nitrogen and oxygen atoms in total. The maximum absolute atomic E-state index is 7.33. The number of halogens is 1. The molecule has 0 aliphatic carbocycles. The molecule has 0 aromatic heterocycles. The van der Waals surface area contributed by atoms with Crippen molar-refractivity contribution in [2.24, 2.45) is 5.73 Å². The topological polar surface area (TPSA) is 59.1 Å². The summed E-state index contributed by atoms with van der Waals surface area (Å²) < 4.78 is 5.76. The Morgan fingerprint density at radius 3 is 2.05 bits per heavy atom. The van der Waals surface area contributed by atoms with Crippen LogP contribution in [0.5, 0.6) is 11.5 Å². The molecule has 0 aliphatic rings. The fourth-order valence-corrected chi connectivity index (χ4v) is 1.91. The summed E-state index contributed by atoms with van der Waals surface area (Å²) in [5.41, 5.74) is 8.04. The van der Waals surface area contributed by atoms with E-state index in [1.165, 1.54) is 0 Å². The minimum Gasteiger partial charge on any atom is -0.457 e. The van der Waals surface area contributed by atoms with Crippen LogP contribution in [0, 0.1) is 19.3 Å². The summed E-state index contributed by atoms with van der Waals surface area (Å²) in [5.74, 6) is 1.49. The number of hydrogen-bond donors (Lipinski definition) is 2. The lowest BCUT2D eigenvalue weighted by Crippen LogP contribution is -2.10. The normalized spacial score (nSPS) is 10.3. The van der Waals surface area contributed by atoms with Crippen LogP contribution in [-0.2, 0) is 0 Å². The van der Waals surface area contributed by atoms with E-state index in [0.717, 1.165) is 21.9 Å². The van der Waals surface area contributed by atoms with Crippen molar-refractivity contribution in [1.29, 1.82) is 5.41 Å². The summed E-state index contributed by atoms with van der Waals surface area (Å²) >= 11 is 6.12. The Labute approximate surface area is 117 Å². The summed E-state index contributed by atoms with van der Waals surface area (Å²) in [7, 11) is 0. The molecule has 2 rings (SSSR count). The fraction of sp³-hybridized carbons (Fsp3) is 0.133. The zero-order valence-corrected chi connectivity index (χ0v) is 11.6. The molecule has 0 bridgehead atoms. The Morgan fingerprint density at radius 1 is 1.05 bits per heavy atom. The van der Waals surface area contributed by atoms with Gasteiger partial charge in [0.2, 0.25) is 0 Å². The number of aryl methyl sites for hydroxylation is 2. The van der Waals surface area contributed by atoms with E-state index in [0.29, 0.717) is 11.3 Å². The molecule has 0 unspecified atom stereocenters. The van der Waals surface area contributed by atoms with E-state index in [4.69, 9.17) is 27.5 Å². The monoisotopic (exact) mass is 274 g/mol. The lowest BCUT2D eigenvalue weighted by Gasteiger charge is -2.10. The van der Waals surface area contributed by atoms with Gasteiger partial charge in [0, 0.05) is 10.6 Å². The summed E-state index contributed by atoms with van der Waals surface area (Å²) in [6.07, 6.45) is 0. The smallest absolute Gasteiger partial charge is 0.128 e. The van der Waals surface area contributed by atoms with Crippen LogP contribution >= 0.6 is 11.6 Å². The van der Waals surface area contributed by atoms with E-state index in [-0.39, 0.29) is 5.84 Å². The highest BCUT2D eigenvalue weighted by Gasteiger charge is 2.05. The number of nitrogens with two attached hydrogens (primary N) is 1. The molecular weight excluding hydrogens is 260 g/mol. The molecule has 19 heavy (non-hydrogen) atoms. The van der Waals surface area contributed by atoms with Gasteiger partial charge in [-0.3, -0.25) is 5.41 Å².